The van der Waals surface area contributed by atoms with Crippen LogP contribution in [0.15, 0.2) is 0 Å². The molecule has 1 unspecified atom stereocenters. The fourth-order valence-corrected chi connectivity index (χ4v) is 1.80. The van der Waals surface area contributed by atoms with E-state index in [1.807, 2.05) is 6.92 Å². The zero-order chi connectivity index (χ0) is 9.03. The van der Waals surface area contributed by atoms with Gasteiger partial charge in [0.2, 0.25) is 0 Å². The molecular formula is C9H17NO2. The van der Waals surface area contributed by atoms with Gasteiger partial charge in [-0.25, -0.2) is 0 Å². The van der Waals surface area contributed by atoms with Gasteiger partial charge < -0.3 is 10.1 Å². The zero-order valence-corrected chi connectivity index (χ0v) is 7.85. The van der Waals surface area contributed by atoms with Crippen LogP contribution in [0.4, 0.5) is 0 Å². The SMILES string of the molecule is CCC1(C(=O)OC)CCCNC1. The number of carbonyl (C=O) groups excluding carboxylic acids is 1. The van der Waals surface area contributed by atoms with Crippen molar-refractivity contribution in [2.45, 2.75) is 26.2 Å². The van der Waals surface area contributed by atoms with Gasteiger partial charge in [-0.2, -0.15) is 0 Å². The molecule has 0 aromatic rings. The smallest absolute Gasteiger partial charge is 0.313 e. The average molecular weight is 171 g/mol. The maximum atomic E-state index is 11.5. The highest BCUT2D eigenvalue weighted by molar-refractivity contribution is 5.77. The van der Waals surface area contributed by atoms with Crippen LogP contribution in [0.25, 0.3) is 0 Å². The molecule has 1 saturated heterocycles. The van der Waals surface area contributed by atoms with E-state index >= 15 is 0 Å². The Kier molecular flexibility index (Phi) is 3.09. The van der Waals surface area contributed by atoms with Gasteiger partial charge in [-0.05, 0) is 25.8 Å². The minimum atomic E-state index is -0.243. The van der Waals surface area contributed by atoms with Crippen molar-refractivity contribution in [3.05, 3.63) is 0 Å². The number of nitrogens with one attached hydrogen (secondary N) is 1. The van der Waals surface area contributed by atoms with Gasteiger partial charge in [0.1, 0.15) is 0 Å². The van der Waals surface area contributed by atoms with Gasteiger partial charge >= 0.3 is 5.97 Å². The molecule has 1 heterocycles. The normalized spacial score (nSPS) is 29.8. The molecule has 1 atom stereocenters. The molecule has 1 N–H and O–H groups in total. The number of piperidine rings is 1. The second-order valence-corrected chi connectivity index (χ2v) is 3.41. The van der Waals surface area contributed by atoms with Crippen molar-refractivity contribution in [3.8, 4) is 0 Å². The molecule has 1 rings (SSSR count). The standard InChI is InChI=1S/C9H17NO2/c1-3-9(8(11)12-2)5-4-6-10-7-9/h10H,3-7H2,1-2H3. The second kappa shape index (κ2) is 3.90. The average Bonchev–Trinajstić information content (AvgIpc) is 2.17. The summed E-state index contributed by atoms with van der Waals surface area (Å²) in [7, 11) is 1.47. The van der Waals surface area contributed by atoms with E-state index < -0.39 is 0 Å². The molecule has 12 heavy (non-hydrogen) atoms. The van der Waals surface area contributed by atoms with Gasteiger partial charge in [0.15, 0.2) is 0 Å². The molecule has 0 radical (unpaired) electrons. The molecule has 70 valence electrons. The Morgan fingerprint density at radius 1 is 1.67 bits per heavy atom. The first-order valence-corrected chi connectivity index (χ1v) is 4.54. The third kappa shape index (κ3) is 1.61. The number of hydrogen-bond donors (Lipinski definition) is 1. The molecule has 0 aliphatic carbocycles. The van der Waals surface area contributed by atoms with Gasteiger partial charge in [-0.15, -0.1) is 0 Å². The quantitative estimate of drug-likeness (QED) is 0.628. The number of esters is 1. The fourth-order valence-electron chi connectivity index (χ4n) is 1.80. The molecular weight excluding hydrogens is 154 g/mol. The summed E-state index contributed by atoms with van der Waals surface area (Å²) in [5, 5.41) is 3.24. The summed E-state index contributed by atoms with van der Waals surface area (Å²) in [5.74, 6) is -0.0581. The highest BCUT2D eigenvalue weighted by atomic mass is 16.5. The molecule has 3 heteroatoms. The summed E-state index contributed by atoms with van der Waals surface area (Å²) in [6.07, 6.45) is 2.90. The van der Waals surface area contributed by atoms with E-state index in [-0.39, 0.29) is 11.4 Å². The summed E-state index contributed by atoms with van der Waals surface area (Å²) >= 11 is 0. The van der Waals surface area contributed by atoms with Crippen LogP contribution < -0.4 is 5.32 Å². The topological polar surface area (TPSA) is 38.3 Å². The molecule has 1 fully saturated rings. The first-order valence-electron chi connectivity index (χ1n) is 4.54. The van der Waals surface area contributed by atoms with Crippen LogP contribution in [-0.2, 0) is 9.53 Å². The lowest BCUT2D eigenvalue weighted by molar-refractivity contribution is -0.154. The third-order valence-corrected chi connectivity index (χ3v) is 2.77. The Morgan fingerprint density at radius 2 is 2.42 bits per heavy atom. The lowest BCUT2D eigenvalue weighted by atomic mass is 9.78. The van der Waals surface area contributed by atoms with Crippen molar-refractivity contribution >= 4 is 5.97 Å². The summed E-state index contributed by atoms with van der Waals surface area (Å²) in [5.41, 5.74) is -0.243. The zero-order valence-electron chi connectivity index (χ0n) is 7.85. The summed E-state index contributed by atoms with van der Waals surface area (Å²) in [4.78, 5) is 11.5. The van der Waals surface area contributed by atoms with Crippen molar-refractivity contribution in [1.29, 1.82) is 0 Å². The number of carbonyl (C=O) groups is 1. The fraction of sp³-hybridized carbons (Fsp3) is 0.889. The maximum Gasteiger partial charge on any atom is 0.313 e. The molecule has 0 amide bonds. The van der Waals surface area contributed by atoms with Gasteiger partial charge in [0, 0.05) is 6.54 Å². The summed E-state index contributed by atoms with van der Waals surface area (Å²) in [6, 6.07) is 0. The van der Waals surface area contributed by atoms with Gasteiger partial charge in [-0.3, -0.25) is 4.79 Å². The van der Waals surface area contributed by atoms with Gasteiger partial charge in [0.25, 0.3) is 0 Å². The van der Waals surface area contributed by atoms with E-state index in [9.17, 15) is 4.79 Å². The van der Waals surface area contributed by atoms with Crippen LogP contribution in [0.1, 0.15) is 26.2 Å². The van der Waals surface area contributed by atoms with Crippen molar-refractivity contribution in [2.24, 2.45) is 5.41 Å². The third-order valence-electron chi connectivity index (χ3n) is 2.77. The van der Waals surface area contributed by atoms with E-state index in [2.05, 4.69) is 5.32 Å². The highest BCUT2D eigenvalue weighted by Crippen LogP contribution is 2.30. The highest BCUT2D eigenvalue weighted by Gasteiger charge is 2.38. The molecule has 0 aromatic carbocycles. The Balaban J connectivity index is 2.66. The molecule has 0 bridgehead atoms. The largest absolute Gasteiger partial charge is 0.469 e. The van der Waals surface area contributed by atoms with Crippen molar-refractivity contribution in [2.75, 3.05) is 20.2 Å². The Morgan fingerprint density at radius 3 is 2.83 bits per heavy atom. The number of methoxy groups -OCH3 is 1. The molecule has 0 saturated carbocycles. The molecule has 1 aliphatic heterocycles. The molecule has 0 spiro atoms. The Labute approximate surface area is 73.5 Å². The molecule has 0 aromatic heterocycles. The van der Waals surface area contributed by atoms with E-state index in [1.54, 1.807) is 0 Å². The minimum absolute atomic E-state index is 0.0581. The lowest BCUT2D eigenvalue weighted by Gasteiger charge is -2.33. The van der Waals surface area contributed by atoms with Crippen molar-refractivity contribution in [3.63, 3.8) is 0 Å². The predicted octanol–water partition coefficient (Wildman–Crippen LogP) is 0.939. The van der Waals surface area contributed by atoms with Crippen molar-refractivity contribution in [1.82, 2.24) is 5.32 Å². The Bertz CT molecular complexity index is 162. The van der Waals surface area contributed by atoms with Crippen LogP contribution >= 0.6 is 0 Å². The number of hydrogen-bond acceptors (Lipinski definition) is 3. The van der Waals surface area contributed by atoms with E-state index in [1.165, 1.54) is 7.11 Å². The van der Waals surface area contributed by atoms with Crippen molar-refractivity contribution < 1.29 is 9.53 Å². The van der Waals surface area contributed by atoms with Crippen LogP contribution in [0.3, 0.4) is 0 Å². The van der Waals surface area contributed by atoms with Crippen LogP contribution in [0.2, 0.25) is 0 Å². The monoisotopic (exact) mass is 171 g/mol. The predicted molar refractivity (Wildman–Crippen MR) is 46.8 cm³/mol. The summed E-state index contributed by atoms with van der Waals surface area (Å²) in [6.45, 7) is 3.85. The van der Waals surface area contributed by atoms with E-state index in [0.717, 1.165) is 32.4 Å². The number of ether oxygens (including phenoxy) is 1. The lowest BCUT2D eigenvalue weighted by Crippen LogP contribution is -2.45. The second-order valence-electron chi connectivity index (χ2n) is 3.41. The molecule has 1 aliphatic rings. The van der Waals surface area contributed by atoms with Crippen LogP contribution in [-0.4, -0.2) is 26.2 Å². The van der Waals surface area contributed by atoms with Gasteiger partial charge in [0.05, 0.1) is 12.5 Å². The van der Waals surface area contributed by atoms with Crippen LogP contribution in [0.5, 0.6) is 0 Å². The van der Waals surface area contributed by atoms with Crippen LogP contribution in [0, 0.1) is 5.41 Å². The number of rotatable bonds is 2. The minimum Gasteiger partial charge on any atom is -0.469 e. The first-order chi connectivity index (χ1) is 5.75. The Hall–Kier alpha value is -0.570. The first kappa shape index (κ1) is 9.52. The molecule has 3 nitrogen and oxygen atoms in total. The van der Waals surface area contributed by atoms with E-state index in [0.29, 0.717) is 0 Å². The van der Waals surface area contributed by atoms with Gasteiger partial charge in [-0.1, -0.05) is 6.92 Å². The van der Waals surface area contributed by atoms with E-state index in [4.69, 9.17) is 4.74 Å². The summed E-state index contributed by atoms with van der Waals surface area (Å²) < 4.78 is 4.80. The maximum absolute atomic E-state index is 11.5.